The van der Waals surface area contributed by atoms with E-state index in [1.54, 1.807) is 30.5 Å². The molecule has 2 aromatic rings. The maximum Gasteiger partial charge on any atom is 0.324 e. The molecular formula is C17H16FN3O2. The van der Waals surface area contributed by atoms with E-state index in [2.05, 4.69) is 10.3 Å². The van der Waals surface area contributed by atoms with E-state index in [0.29, 0.717) is 30.6 Å². The SMILES string of the molecule is O=C1CNC(=O)N1CCCc1ccc(-c2ccccc2F)nc1. The van der Waals surface area contributed by atoms with Crippen molar-refractivity contribution < 1.29 is 14.0 Å². The van der Waals surface area contributed by atoms with Gasteiger partial charge in [-0.1, -0.05) is 18.2 Å². The second kappa shape index (κ2) is 6.56. The van der Waals surface area contributed by atoms with Gasteiger partial charge in [0, 0.05) is 18.3 Å². The number of urea groups is 1. The molecule has 1 N–H and O–H groups in total. The molecule has 1 fully saturated rings. The van der Waals surface area contributed by atoms with Crippen LogP contribution in [-0.4, -0.2) is 34.9 Å². The van der Waals surface area contributed by atoms with Crippen LogP contribution in [0.25, 0.3) is 11.3 Å². The quantitative estimate of drug-likeness (QED) is 0.862. The first kappa shape index (κ1) is 15.1. The van der Waals surface area contributed by atoms with Gasteiger partial charge >= 0.3 is 6.03 Å². The van der Waals surface area contributed by atoms with Gasteiger partial charge in [-0.05, 0) is 36.6 Å². The number of carbonyl (C=O) groups excluding carboxylic acids is 2. The Morgan fingerprint density at radius 1 is 1.17 bits per heavy atom. The zero-order valence-corrected chi connectivity index (χ0v) is 12.5. The van der Waals surface area contributed by atoms with Crippen molar-refractivity contribution >= 4 is 11.9 Å². The third-order valence-corrected chi connectivity index (χ3v) is 3.76. The van der Waals surface area contributed by atoms with E-state index < -0.39 is 0 Å². The van der Waals surface area contributed by atoms with Gasteiger partial charge in [-0.2, -0.15) is 0 Å². The number of hydrogen-bond donors (Lipinski definition) is 1. The number of nitrogens with one attached hydrogen (secondary N) is 1. The molecule has 0 atom stereocenters. The fraction of sp³-hybridized carbons (Fsp3) is 0.235. The molecule has 5 nitrogen and oxygen atoms in total. The number of pyridine rings is 1. The average molecular weight is 313 g/mol. The van der Waals surface area contributed by atoms with E-state index in [-0.39, 0.29) is 24.3 Å². The van der Waals surface area contributed by atoms with Crippen LogP contribution in [0.4, 0.5) is 9.18 Å². The third kappa shape index (κ3) is 3.36. The summed E-state index contributed by atoms with van der Waals surface area (Å²) in [5.41, 5.74) is 2.04. The summed E-state index contributed by atoms with van der Waals surface area (Å²) in [5, 5.41) is 2.49. The monoisotopic (exact) mass is 313 g/mol. The molecule has 23 heavy (non-hydrogen) atoms. The number of imide groups is 1. The van der Waals surface area contributed by atoms with Gasteiger partial charge < -0.3 is 5.32 Å². The topological polar surface area (TPSA) is 62.3 Å². The van der Waals surface area contributed by atoms with E-state index in [1.165, 1.54) is 11.0 Å². The van der Waals surface area contributed by atoms with Crippen molar-refractivity contribution in [3.8, 4) is 11.3 Å². The molecule has 2 heterocycles. The van der Waals surface area contributed by atoms with Gasteiger partial charge in [0.15, 0.2) is 0 Å². The molecule has 0 aliphatic carbocycles. The summed E-state index contributed by atoms with van der Waals surface area (Å²) in [7, 11) is 0. The van der Waals surface area contributed by atoms with Crippen molar-refractivity contribution in [1.29, 1.82) is 0 Å². The van der Waals surface area contributed by atoms with Crippen molar-refractivity contribution in [2.75, 3.05) is 13.1 Å². The minimum absolute atomic E-state index is 0.0811. The lowest BCUT2D eigenvalue weighted by Crippen LogP contribution is -2.32. The molecule has 3 rings (SSSR count). The number of halogens is 1. The molecule has 0 saturated carbocycles. The van der Waals surface area contributed by atoms with Crippen LogP contribution in [0.5, 0.6) is 0 Å². The number of benzene rings is 1. The van der Waals surface area contributed by atoms with Crippen molar-refractivity contribution in [1.82, 2.24) is 15.2 Å². The van der Waals surface area contributed by atoms with Crippen LogP contribution in [0.3, 0.4) is 0 Å². The molecule has 0 unspecified atom stereocenters. The summed E-state index contributed by atoms with van der Waals surface area (Å²) in [4.78, 5) is 28.4. The number of amides is 3. The molecular weight excluding hydrogens is 297 g/mol. The first-order valence-corrected chi connectivity index (χ1v) is 7.43. The zero-order valence-electron chi connectivity index (χ0n) is 12.5. The fourth-order valence-electron chi connectivity index (χ4n) is 2.52. The molecule has 1 aliphatic heterocycles. The first-order valence-electron chi connectivity index (χ1n) is 7.43. The zero-order chi connectivity index (χ0) is 16.2. The van der Waals surface area contributed by atoms with E-state index in [9.17, 15) is 14.0 Å². The first-order chi connectivity index (χ1) is 11.1. The number of rotatable bonds is 5. The Morgan fingerprint density at radius 3 is 2.65 bits per heavy atom. The molecule has 1 aromatic heterocycles. The highest BCUT2D eigenvalue weighted by Crippen LogP contribution is 2.20. The maximum atomic E-state index is 13.7. The summed E-state index contributed by atoms with van der Waals surface area (Å²) in [5.74, 6) is -0.491. The number of nitrogens with zero attached hydrogens (tertiary/aromatic N) is 2. The Labute approximate surface area is 133 Å². The number of carbonyl (C=O) groups is 2. The number of hydrogen-bond acceptors (Lipinski definition) is 3. The smallest absolute Gasteiger partial charge is 0.324 e. The normalized spacial score (nSPS) is 14.2. The maximum absolute atomic E-state index is 13.7. The van der Waals surface area contributed by atoms with Gasteiger partial charge in [-0.3, -0.25) is 14.7 Å². The molecule has 118 valence electrons. The van der Waals surface area contributed by atoms with Crippen molar-refractivity contribution in [3.05, 3.63) is 54.0 Å². The van der Waals surface area contributed by atoms with Crippen LogP contribution in [-0.2, 0) is 11.2 Å². The summed E-state index contributed by atoms with van der Waals surface area (Å²) in [6.45, 7) is 0.470. The van der Waals surface area contributed by atoms with Crippen molar-refractivity contribution in [2.24, 2.45) is 0 Å². The van der Waals surface area contributed by atoms with Gasteiger partial charge in [0.05, 0.1) is 12.2 Å². The van der Waals surface area contributed by atoms with E-state index in [4.69, 9.17) is 0 Å². The number of aryl methyl sites for hydroxylation is 1. The molecule has 1 aromatic carbocycles. The van der Waals surface area contributed by atoms with Gasteiger partial charge in [-0.25, -0.2) is 9.18 Å². The molecule has 1 aliphatic rings. The lowest BCUT2D eigenvalue weighted by atomic mass is 10.1. The Hall–Kier alpha value is -2.76. The minimum atomic E-state index is -0.331. The summed E-state index contributed by atoms with van der Waals surface area (Å²) >= 11 is 0. The van der Waals surface area contributed by atoms with E-state index >= 15 is 0 Å². The Balaban J connectivity index is 1.59. The van der Waals surface area contributed by atoms with Gasteiger partial charge in [-0.15, -0.1) is 0 Å². The van der Waals surface area contributed by atoms with Crippen LogP contribution in [0.1, 0.15) is 12.0 Å². The van der Waals surface area contributed by atoms with Crippen LogP contribution in [0.15, 0.2) is 42.6 Å². The average Bonchev–Trinajstić information content (AvgIpc) is 2.88. The van der Waals surface area contributed by atoms with Crippen LogP contribution < -0.4 is 5.32 Å². The van der Waals surface area contributed by atoms with Crippen LogP contribution >= 0.6 is 0 Å². The molecule has 0 radical (unpaired) electrons. The summed E-state index contributed by atoms with van der Waals surface area (Å²) in [6, 6.07) is 9.85. The van der Waals surface area contributed by atoms with Gasteiger partial charge in [0.1, 0.15) is 5.82 Å². The van der Waals surface area contributed by atoms with Gasteiger partial charge in [0.2, 0.25) is 5.91 Å². The minimum Gasteiger partial charge on any atom is -0.329 e. The molecule has 0 spiro atoms. The highest BCUT2D eigenvalue weighted by Gasteiger charge is 2.27. The van der Waals surface area contributed by atoms with Crippen LogP contribution in [0, 0.1) is 5.82 Å². The predicted molar refractivity (Wildman–Crippen MR) is 83.1 cm³/mol. The second-order valence-corrected chi connectivity index (χ2v) is 5.34. The standard InChI is InChI=1S/C17H16FN3O2/c18-14-6-2-1-5-13(14)15-8-7-12(10-19-15)4-3-9-21-16(22)11-20-17(21)23/h1-2,5-8,10H,3-4,9,11H2,(H,20,23). The van der Waals surface area contributed by atoms with Crippen LogP contribution in [0.2, 0.25) is 0 Å². The van der Waals surface area contributed by atoms with Crippen molar-refractivity contribution in [2.45, 2.75) is 12.8 Å². The summed E-state index contributed by atoms with van der Waals surface area (Å²) < 4.78 is 13.7. The fourth-order valence-corrected chi connectivity index (χ4v) is 2.52. The Morgan fingerprint density at radius 2 is 2.00 bits per heavy atom. The van der Waals surface area contributed by atoms with E-state index in [0.717, 1.165) is 5.56 Å². The predicted octanol–water partition coefficient (Wildman–Crippen LogP) is 2.37. The molecule has 0 bridgehead atoms. The third-order valence-electron chi connectivity index (χ3n) is 3.76. The Kier molecular flexibility index (Phi) is 4.32. The van der Waals surface area contributed by atoms with Gasteiger partial charge in [0.25, 0.3) is 0 Å². The summed E-state index contributed by atoms with van der Waals surface area (Å²) in [6.07, 6.45) is 3.06. The van der Waals surface area contributed by atoms with E-state index in [1.807, 2.05) is 6.07 Å². The second-order valence-electron chi connectivity index (χ2n) is 5.34. The Bertz CT molecular complexity index is 715. The highest BCUT2D eigenvalue weighted by atomic mass is 19.1. The van der Waals surface area contributed by atoms with Crippen molar-refractivity contribution in [3.63, 3.8) is 0 Å². The lowest BCUT2D eigenvalue weighted by Gasteiger charge is -2.11. The number of aromatic nitrogens is 1. The largest absolute Gasteiger partial charge is 0.329 e. The highest BCUT2D eigenvalue weighted by molar-refractivity contribution is 6.01. The molecule has 3 amide bonds. The molecule has 1 saturated heterocycles. The molecule has 6 heteroatoms. The lowest BCUT2D eigenvalue weighted by molar-refractivity contribution is -0.125.